The van der Waals surface area contributed by atoms with Gasteiger partial charge in [0, 0.05) is 10.9 Å². The van der Waals surface area contributed by atoms with Gasteiger partial charge < -0.3 is 4.52 Å². The molecule has 2 rings (SSSR count). The number of hydrogen-bond donors (Lipinski definition) is 0. The van der Waals surface area contributed by atoms with Gasteiger partial charge >= 0.3 is 7.37 Å². The zero-order chi connectivity index (χ0) is 16.2. The first kappa shape index (κ1) is 16.7. The Bertz CT molecular complexity index is 708. The van der Waals surface area contributed by atoms with Crippen molar-refractivity contribution in [3.63, 3.8) is 0 Å². The number of benzene rings is 2. The molecule has 22 heavy (non-hydrogen) atoms. The first-order chi connectivity index (χ1) is 10.5. The Morgan fingerprint density at radius 2 is 1.77 bits per heavy atom. The number of carbonyl (C=O) groups is 1. The fourth-order valence-electron chi connectivity index (χ4n) is 2.34. The Morgan fingerprint density at radius 1 is 1.09 bits per heavy atom. The molecule has 0 saturated carbocycles. The van der Waals surface area contributed by atoms with Gasteiger partial charge in [-0.05, 0) is 31.9 Å². The van der Waals surface area contributed by atoms with Gasteiger partial charge in [-0.3, -0.25) is 9.36 Å². The molecule has 0 fully saturated rings. The number of hydrogen-bond acceptors (Lipinski definition) is 3. The molecule has 0 radical (unpaired) electrons. The molecule has 2 aromatic rings. The maximum Gasteiger partial charge on any atom is 0.301 e. The minimum absolute atomic E-state index is 0.295. The SMILES string of the molecule is CCCOP(=O)(C(=O)c1ccccc1)c1ccc(C)cc1C. The molecule has 0 aliphatic rings. The molecule has 0 spiro atoms. The minimum Gasteiger partial charge on any atom is -0.320 e. The van der Waals surface area contributed by atoms with Crippen LogP contribution in [0.25, 0.3) is 0 Å². The van der Waals surface area contributed by atoms with Crippen LogP contribution in [0.4, 0.5) is 0 Å². The van der Waals surface area contributed by atoms with Gasteiger partial charge in [-0.1, -0.05) is 55.0 Å². The minimum atomic E-state index is -3.60. The van der Waals surface area contributed by atoms with Crippen molar-refractivity contribution >= 4 is 18.2 Å². The van der Waals surface area contributed by atoms with Gasteiger partial charge in [0.15, 0.2) is 0 Å². The summed E-state index contributed by atoms with van der Waals surface area (Å²) >= 11 is 0. The number of carbonyl (C=O) groups excluding carboxylic acids is 1. The topological polar surface area (TPSA) is 43.4 Å². The number of aryl methyl sites for hydroxylation is 2. The molecule has 0 heterocycles. The van der Waals surface area contributed by atoms with Crippen LogP contribution in [-0.2, 0) is 9.09 Å². The molecule has 0 aliphatic carbocycles. The molecular formula is C18H21O3P. The lowest BCUT2D eigenvalue weighted by Gasteiger charge is -2.19. The monoisotopic (exact) mass is 316 g/mol. The summed E-state index contributed by atoms with van der Waals surface area (Å²) in [7, 11) is -3.60. The highest BCUT2D eigenvalue weighted by Crippen LogP contribution is 2.49. The van der Waals surface area contributed by atoms with Gasteiger partial charge in [0.05, 0.1) is 6.61 Å². The van der Waals surface area contributed by atoms with Crippen molar-refractivity contribution in [2.24, 2.45) is 0 Å². The molecular weight excluding hydrogens is 295 g/mol. The Morgan fingerprint density at radius 3 is 2.36 bits per heavy atom. The highest BCUT2D eigenvalue weighted by molar-refractivity contribution is 7.83. The quantitative estimate of drug-likeness (QED) is 0.738. The van der Waals surface area contributed by atoms with Crippen molar-refractivity contribution in [2.45, 2.75) is 27.2 Å². The molecule has 0 aliphatic heterocycles. The summed E-state index contributed by atoms with van der Waals surface area (Å²) in [6.07, 6.45) is 0.705. The summed E-state index contributed by atoms with van der Waals surface area (Å²) in [5.74, 6) is 0. The normalized spacial score (nSPS) is 13.6. The van der Waals surface area contributed by atoms with Crippen LogP contribution >= 0.6 is 7.37 Å². The van der Waals surface area contributed by atoms with E-state index in [-0.39, 0.29) is 0 Å². The second-order valence-electron chi connectivity index (χ2n) is 5.35. The molecule has 0 amide bonds. The van der Waals surface area contributed by atoms with E-state index in [1.165, 1.54) is 0 Å². The summed E-state index contributed by atoms with van der Waals surface area (Å²) in [6, 6.07) is 14.2. The summed E-state index contributed by atoms with van der Waals surface area (Å²) in [6.45, 7) is 6.05. The third-order valence-electron chi connectivity index (χ3n) is 3.43. The first-order valence-electron chi connectivity index (χ1n) is 7.41. The second kappa shape index (κ2) is 7.04. The van der Waals surface area contributed by atoms with E-state index in [0.717, 1.165) is 11.1 Å². The molecule has 0 aromatic heterocycles. The van der Waals surface area contributed by atoms with Crippen LogP contribution in [0.1, 0.15) is 34.8 Å². The van der Waals surface area contributed by atoms with Crippen molar-refractivity contribution in [1.29, 1.82) is 0 Å². The lowest BCUT2D eigenvalue weighted by molar-refractivity contribution is 0.105. The van der Waals surface area contributed by atoms with E-state index in [4.69, 9.17) is 4.52 Å². The van der Waals surface area contributed by atoms with E-state index >= 15 is 0 Å². The van der Waals surface area contributed by atoms with E-state index in [2.05, 4.69) is 0 Å². The van der Waals surface area contributed by atoms with Gasteiger partial charge in [0.25, 0.3) is 5.52 Å². The lowest BCUT2D eigenvalue weighted by atomic mass is 10.2. The molecule has 3 nitrogen and oxygen atoms in total. The van der Waals surface area contributed by atoms with Crippen LogP contribution in [0.3, 0.4) is 0 Å². The summed E-state index contributed by atoms with van der Waals surface area (Å²) < 4.78 is 19.0. The van der Waals surface area contributed by atoms with Crippen molar-refractivity contribution < 1.29 is 13.9 Å². The maximum atomic E-state index is 13.4. The molecule has 0 N–H and O–H groups in total. The zero-order valence-electron chi connectivity index (χ0n) is 13.2. The Hall–Kier alpha value is -1.70. The van der Waals surface area contributed by atoms with Gasteiger partial charge in [-0.2, -0.15) is 0 Å². The average molecular weight is 316 g/mol. The first-order valence-corrected chi connectivity index (χ1v) is 9.04. The van der Waals surface area contributed by atoms with Gasteiger partial charge in [-0.15, -0.1) is 0 Å². The zero-order valence-corrected chi connectivity index (χ0v) is 14.1. The fourth-order valence-corrected chi connectivity index (χ4v) is 4.55. The predicted octanol–water partition coefficient (Wildman–Crippen LogP) is 4.47. The van der Waals surface area contributed by atoms with Crippen LogP contribution in [-0.4, -0.2) is 12.1 Å². The molecule has 1 unspecified atom stereocenters. The molecule has 0 saturated heterocycles. The van der Waals surface area contributed by atoms with Crippen LogP contribution < -0.4 is 5.30 Å². The van der Waals surface area contributed by atoms with Crippen LogP contribution in [0.15, 0.2) is 48.5 Å². The Balaban J connectivity index is 2.52. The van der Waals surface area contributed by atoms with E-state index in [0.29, 0.717) is 23.9 Å². The van der Waals surface area contributed by atoms with Gasteiger partial charge in [-0.25, -0.2) is 0 Å². The third-order valence-corrected chi connectivity index (χ3v) is 5.91. The van der Waals surface area contributed by atoms with Gasteiger partial charge in [0.1, 0.15) is 0 Å². The molecule has 1 atom stereocenters. The van der Waals surface area contributed by atoms with E-state index in [1.807, 2.05) is 39.0 Å². The maximum absolute atomic E-state index is 13.4. The van der Waals surface area contributed by atoms with E-state index in [9.17, 15) is 9.36 Å². The smallest absolute Gasteiger partial charge is 0.301 e. The summed E-state index contributed by atoms with van der Waals surface area (Å²) in [5.41, 5.74) is 1.87. The second-order valence-corrected chi connectivity index (χ2v) is 7.59. The van der Waals surface area contributed by atoms with E-state index in [1.54, 1.807) is 30.3 Å². The van der Waals surface area contributed by atoms with Crippen molar-refractivity contribution in [2.75, 3.05) is 6.61 Å². The Kier molecular flexibility index (Phi) is 5.33. The van der Waals surface area contributed by atoms with Crippen molar-refractivity contribution in [1.82, 2.24) is 0 Å². The van der Waals surface area contributed by atoms with Crippen LogP contribution in [0.2, 0.25) is 0 Å². The molecule has 116 valence electrons. The molecule has 4 heteroatoms. The third kappa shape index (κ3) is 3.37. The van der Waals surface area contributed by atoms with Crippen molar-refractivity contribution in [3.8, 4) is 0 Å². The number of rotatable bonds is 6. The average Bonchev–Trinajstić information content (AvgIpc) is 2.52. The lowest BCUT2D eigenvalue weighted by Crippen LogP contribution is -2.18. The highest BCUT2D eigenvalue weighted by atomic mass is 31.2. The van der Waals surface area contributed by atoms with E-state index < -0.39 is 12.9 Å². The molecule has 2 aromatic carbocycles. The summed E-state index contributed by atoms with van der Waals surface area (Å²) in [5, 5.41) is 0.500. The predicted molar refractivity (Wildman–Crippen MR) is 90.2 cm³/mol. The summed E-state index contributed by atoms with van der Waals surface area (Å²) in [4.78, 5) is 12.8. The van der Waals surface area contributed by atoms with Crippen LogP contribution in [0.5, 0.6) is 0 Å². The van der Waals surface area contributed by atoms with Crippen molar-refractivity contribution in [3.05, 3.63) is 65.2 Å². The standard InChI is InChI=1S/C18H21O3P/c1-4-12-21-22(20,17-11-10-14(2)13-15(17)3)18(19)16-8-6-5-7-9-16/h5-11,13H,4,12H2,1-3H3. The highest BCUT2D eigenvalue weighted by Gasteiger charge is 2.37. The molecule has 0 bridgehead atoms. The largest absolute Gasteiger partial charge is 0.320 e. The fraction of sp³-hybridized carbons (Fsp3) is 0.278. The Labute approximate surface area is 131 Å². The van der Waals surface area contributed by atoms with Crippen LogP contribution in [0, 0.1) is 13.8 Å². The van der Waals surface area contributed by atoms with Gasteiger partial charge in [0.2, 0.25) is 0 Å².